The zero-order chi connectivity index (χ0) is 15.9. The van der Waals surface area contributed by atoms with Crippen LogP contribution in [0.25, 0.3) is 0 Å². The summed E-state index contributed by atoms with van der Waals surface area (Å²) in [6.45, 7) is 0. The topological polar surface area (TPSA) is 45.6 Å². The number of thiocarbonyl (C=S) groups is 1. The van der Waals surface area contributed by atoms with Crippen molar-refractivity contribution in [3.63, 3.8) is 0 Å². The SMILES string of the molecule is COc1ccccc1NC(=S)N/N=C/c1cc(Br)ccc1F. The highest BCUT2D eigenvalue weighted by atomic mass is 79.9. The van der Waals surface area contributed by atoms with Gasteiger partial charge < -0.3 is 10.1 Å². The molecule has 0 radical (unpaired) electrons. The van der Waals surface area contributed by atoms with Gasteiger partial charge in [-0.05, 0) is 42.5 Å². The second kappa shape index (κ2) is 7.86. The molecule has 0 aliphatic rings. The maximum atomic E-state index is 13.5. The van der Waals surface area contributed by atoms with Gasteiger partial charge in [-0.25, -0.2) is 4.39 Å². The minimum atomic E-state index is -0.364. The maximum Gasteiger partial charge on any atom is 0.191 e. The quantitative estimate of drug-likeness (QED) is 0.478. The van der Waals surface area contributed by atoms with Crippen LogP contribution in [-0.2, 0) is 0 Å². The number of methoxy groups -OCH3 is 1. The summed E-state index contributed by atoms with van der Waals surface area (Å²) in [5, 5.41) is 7.14. The fourth-order valence-electron chi connectivity index (χ4n) is 1.67. The number of ether oxygens (including phenoxy) is 1. The Morgan fingerprint density at radius 1 is 1.32 bits per heavy atom. The predicted molar refractivity (Wildman–Crippen MR) is 94.0 cm³/mol. The Balaban J connectivity index is 1.98. The van der Waals surface area contributed by atoms with Crippen molar-refractivity contribution in [3.8, 4) is 5.75 Å². The molecule has 4 nitrogen and oxygen atoms in total. The number of anilines is 1. The first-order valence-corrected chi connectivity index (χ1v) is 7.48. The monoisotopic (exact) mass is 381 g/mol. The van der Waals surface area contributed by atoms with E-state index in [1.165, 1.54) is 12.3 Å². The van der Waals surface area contributed by atoms with Crippen LogP contribution in [-0.4, -0.2) is 18.4 Å². The third kappa shape index (κ3) is 4.51. The minimum Gasteiger partial charge on any atom is -0.495 e. The smallest absolute Gasteiger partial charge is 0.191 e. The number of halogens is 2. The molecule has 0 unspecified atom stereocenters. The van der Waals surface area contributed by atoms with Crippen LogP contribution in [0, 0.1) is 5.82 Å². The Morgan fingerprint density at radius 2 is 2.09 bits per heavy atom. The zero-order valence-electron chi connectivity index (χ0n) is 11.6. The largest absolute Gasteiger partial charge is 0.495 e. The molecule has 2 aromatic carbocycles. The third-order valence-electron chi connectivity index (χ3n) is 2.68. The van der Waals surface area contributed by atoms with E-state index in [-0.39, 0.29) is 10.9 Å². The van der Waals surface area contributed by atoms with Gasteiger partial charge in [-0.1, -0.05) is 28.1 Å². The van der Waals surface area contributed by atoms with E-state index in [9.17, 15) is 4.39 Å². The van der Waals surface area contributed by atoms with Crippen molar-refractivity contribution in [1.82, 2.24) is 5.43 Å². The standard InChI is InChI=1S/C15H13BrFN3OS/c1-21-14-5-3-2-4-13(14)19-15(22)20-18-9-10-8-11(16)6-7-12(10)17/h2-9H,1H3,(H2,19,20,22)/b18-9+. The van der Waals surface area contributed by atoms with Gasteiger partial charge >= 0.3 is 0 Å². The number of hydrogen-bond acceptors (Lipinski definition) is 3. The number of hydrogen-bond donors (Lipinski definition) is 2. The zero-order valence-corrected chi connectivity index (χ0v) is 14.0. The lowest BCUT2D eigenvalue weighted by Gasteiger charge is -2.10. The first kappa shape index (κ1) is 16.4. The average Bonchev–Trinajstić information content (AvgIpc) is 2.51. The van der Waals surface area contributed by atoms with Gasteiger partial charge in [0.2, 0.25) is 0 Å². The van der Waals surface area contributed by atoms with Crippen molar-refractivity contribution in [1.29, 1.82) is 0 Å². The van der Waals surface area contributed by atoms with Crippen LogP contribution in [0.15, 0.2) is 52.0 Å². The summed E-state index contributed by atoms with van der Waals surface area (Å²) in [7, 11) is 1.57. The maximum absolute atomic E-state index is 13.5. The van der Waals surface area contributed by atoms with E-state index in [0.717, 1.165) is 4.47 Å². The van der Waals surface area contributed by atoms with Crippen LogP contribution in [0.1, 0.15) is 5.56 Å². The van der Waals surface area contributed by atoms with Crippen molar-refractivity contribution in [2.24, 2.45) is 5.10 Å². The van der Waals surface area contributed by atoms with Gasteiger partial charge in [0.15, 0.2) is 5.11 Å². The molecule has 0 saturated carbocycles. The lowest BCUT2D eigenvalue weighted by molar-refractivity contribution is 0.417. The number of nitrogens with one attached hydrogen (secondary N) is 2. The lowest BCUT2D eigenvalue weighted by Crippen LogP contribution is -2.24. The Morgan fingerprint density at radius 3 is 2.86 bits per heavy atom. The Hall–Kier alpha value is -1.99. The second-order valence-corrected chi connectivity index (χ2v) is 5.51. The molecule has 2 aromatic rings. The summed E-state index contributed by atoms with van der Waals surface area (Å²) in [6, 6.07) is 11.9. The Labute approximate surface area is 141 Å². The summed E-state index contributed by atoms with van der Waals surface area (Å²) in [4.78, 5) is 0. The summed E-state index contributed by atoms with van der Waals surface area (Å²) in [6.07, 6.45) is 1.36. The van der Waals surface area contributed by atoms with Gasteiger partial charge in [-0.2, -0.15) is 5.10 Å². The molecule has 0 fully saturated rings. The van der Waals surface area contributed by atoms with E-state index in [4.69, 9.17) is 17.0 Å². The third-order valence-corrected chi connectivity index (χ3v) is 3.37. The van der Waals surface area contributed by atoms with Gasteiger partial charge in [-0.3, -0.25) is 5.43 Å². The molecule has 0 amide bonds. The van der Waals surface area contributed by atoms with Crippen LogP contribution in [0.3, 0.4) is 0 Å². The van der Waals surface area contributed by atoms with Gasteiger partial charge in [0.25, 0.3) is 0 Å². The van der Waals surface area contributed by atoms with Gasteiger partial charge in [-0.15, -0.1) is 0 Å². The first-order valence-electron chi connectivity index (χ1n) is 6.28. The van der Waals surface area contributed by atoms with Crippen molar-refractivity contribution < 1.29 is 9.13 Å². The van der Waals surface area contributed by atoms with E-state index in [0.29, 0.717) is 17.0 Å². The van der Waals surface area contributed by atoms with Crippen molar-refractivity contribution in [2.45, 2.75) is 0 Å². The molecule has 114 valence electrons. The number of rotatable bonds is 4. The van der Waals surface area contributed by atoms with Crippen LogP contribution < -0.4 is 15.5 Å². The molecule has 0 spiro atoms. The molecule has 0 aliphatic carbocycles. The number of nitrogens with zero attached hydrogens (tertiary/aromatic N) is 1. The van der Waals surface area contributed by atoms with E-state index < -0.39 is 0 Å². The predicted octanol–water partition coefficient (Wildman–Crippen LogP) is 3.92. The highest BCUT2D eigenvalue weighted by Gasteiger charge is 2.03. The summed E-state index contributed by atoms with van der Waals surface area (Å²) >= 11 is 8.40. The summed E-state index contributed by atoms with van der Waals surface area (Å²) in [5.74, 6) is 0.297. The normalized spacial score (nSPS) is 10.5. The van der Waals surface area contributed by atoms with Crippen molar-refractivity contribution in [2.75, 3.05) is 12.4 Å². The first-order chi connectivity index (χ1) is 10.6. The summed E-state index contributed by atoms with van der Waals surface area (Å²) < 4.78 is 19.5. The highest BCUT2D eigenvalue weighted by Crippen LogP contribution is 2.22. The van der Waals surface area contributed by atoms with Crippen LogP contribution in [0.4, 0.5) is 10.1 Å². The molecule has 0 aromatic heterocycles. The number of hydrazone groups is 1. The molecule has 0 heterocycles. The molecular weight excluding hydrogens is 369 g/mol. The molecule has 0 atom stereocenters. The molecule has 0 bridgehead atoms. The average molecular weight is 382 g/mol. The molecule has 2 rings (SSSR count). The second-order valence-electron chi connectivity index (χ2n) is 4.19. The number of para-hydroxylation sites is 2. The molecule has 0 aliphatic heterocycles. The number of benzene rings is 2. The Kier molecular flexibility index (Phi) is 5.85. The molecule has 22 heavy (non-hydrogen) atoms. The molecule has 2 N–H and O–H groups in total. The van der Waals surface area contributed by atoms with E-state index in [1.54, 1.807) is 19.2 Å². The van der Waals surface area contributed by atoms with Crippen molar-refractivity contribution in [3.05, 3.63) is 58.3 Å². The summed E-state index contributed by atoms with van der Waals surface area (Å²) in [5.41, 5.74) is 3.69. The van der Waals surface area contributed by atoms with E-state index >= 15 is 0 Å². The molecular formula is C15H13BrFN3OS. The van der Waals surface area contributed by atoms with E-state index in [2.05, 4.69) is 31.8 Å². The minimum absolute atomic E-state index is 0.274. The molecule has 0 saturated heterocycles. The van der Waals surface area contributed by atoms with E-state index in [1.807, 2.05) is 24.3 Å². The highest BCUT2D eigenvalue weighted by molar-refractivity contribution is 9.10. The van der Waals surface area contributed by atoms with Crippen molar-refractivity contribution >= 4 is 45.2 Å². The van der Waals surface area contributed by atoms with Crippen LogP contribution in [0.5, 0.6) is 5.75 Å². The lowest BCUT2D eigenvalue weighted by atomic mass is 10.2. The van der Waals surface area contributed by atoms with Gasteiger partial charge in [0.1, 0.15) is 11.6 Å². The van der Waals surface area contributed by atoms with Crippen LogP contribution >= 0.6 is 28.1 Å². The Bertz CT molecular complexity index is 709. The molecule has 7 heteroatoms. The fourth-order valence-corrected chi connectivity index (χ4v) is 2.21. The fraction of sp³-hybridized carbons (Fsp3) is 0.0667. The van der Waals surface area contributed by atoms with Crippen LogP contribution in [0.2, 0.25) is 0 Å². The van der Waals surface area contributed by atoms with Gasteiger partial charge in [0, 0.05) is 10.0 Å². The van der Waals surface area contributed by atoms with Gasteiger partial charge in [0.05, 0.1) is 19.0 Å².